The summed E-state index contributed by atoms with van der Waals surface area (Å²) in [5.74, 6) is 0.512. The van der Waals surface area contributed by atoms with E-state index in [4.69, 9.17) is 21.8 Å². The van der Waals surface area contributed by atoms with Crippen LogP contribution in [-0.4, -0.2) is 4.92 Å². The number of hydrogen-bond donors (Lipinski definition) is 1. The lowest BCUT2D eigenvalue weighted by Gasteiger charge is -2.08. The van der Waals surface area contributed by atoms with Crippen molar-refractivity contribution in [1.29, 1.82) is 0 Å². The molecule has 1 atom stereocenters. The predicted molar refractivity (Wildman–Crippen MR) is 67.4 cm³/mol. The second kappa shape index (κ2) is 5.20. The van der Waals surface area contributed by atoms with Crippen LogP contribution in [0, 0.1) is 10.1 Å². The summed E-state index contributed by atoms with van der Waals surface area (Å²) in [7, 11) is 0. The molecule has 5 nitrogen and oxygen atoms in total. The zero-order valence-electron chi connectivity index (χ0n) is 9.38. The molecule has 2 N–H and O–H groups in total. The third-order valence-corrected chi connectivity index (χ3v) is 2.79. The molecule has 0 spiro atoms. The fraction of sp³-hybridized carbons (Fsp3) is 0.167. The van der Waals surface area contributed by atoms with Crippen LogP contribution in [0.5, 0.6) is 0 Å². The molecular formula is C12H11ClN2O3. The Morgan fingerprint density at radius 1 is 1.33 bits per heavy atom. The van der Waals surface area contributed by atoms with Crippen molar-refractivity contribution in [3.05, 3.63) is 63.1 Å². The number of nitrogens with zero attached hydrogens (tertiary/aromatic N) is 1. The van der Waals surface area contributed by atoms with Gasteiger partial charge in [0.05, 0.1) is 11.0 Å². The highest BCUT2D eigenvalue weighted by atomic mass is 35.5. The number of rotatable bonds is 4. The molecule has 0 amide bonds. The monoisotopic (exact) mass is 266 g/mol. The standard InChI is InChI=1S/C12H11ClN2O3/c13-12-6-5-11(18-12)9(14)7-8-3-1-2-4-10(8)15(16)17/h1-6,9H,7,14H2. The molecule has 1 unspecified atom stereocenters. The largest absolute Gasteiger partial charge is 0.448 e. The highest BCUT2D eigenvalue weighted by Gasteiger charge is 2.18. The smallest absolute Gasteiger partial charge is 0.272 e. The van der Waals surface area contributed by atoms with Crippen LogP contribution in [0.3, 0.4) is 0 Å². The third-order valence-electron chi connectivity index (χ3n) is 2.59. The number of halogens is 1. The minimum Gasteiger partial charge on any atom is -0.448 e. The van der Waals surface area contributed by atoms with Crippen LogP contribution in [0.4, 0.5) is 5.69 Å². The summed E-state index contributed by atoms with van der Waals surface area (Å²) in [6, 6.07) is 9.30. The predicted octanol–water partition coefficient (Wildman–Crippen LogP) is 3.08. The lowest BCUT2D eigenvalue weighted by Crippen LogP contribution is -2.13. The van der Waals surface area contributed by atoms with Gasteiger partial charge in [-0.05, 0) is 23.7 Å². The molecule has 0 saturated heterocycles. The summed E-state index contributed by atoms with van der Waals surface area (Å²) >= 11 is 5.66. The van der Waals surface area contributed by atoms with Gasteiger partial charge < -0.3 is 10.2 Å². The summed E-state index contributed by atoms with van der Waals surface area (Å²) in [4.78, 5) is 10.4. The summed E-state index contributed by atoms with van der Waals surface area (Å²) in [6.07, 6.45) is 0.320. The van der Waals surface area contributed by atoms with Crippen molar-refractivity contribution in [2.24, 2.45) is 5.73 Å². The van der Waals surface area contributed by atoms with Crippen LogP contribution in [0.25, 0.3) is 0 Å². The van der Waals surface area contributed by atoms with E-state index in [0.29, 0.717) is 17.7 Å². The first-order chi connectivity index (χ1) is 8.58. The van der Waals surface area contributed by atoms with Crippen molar-refractivity contribution in [3.8, 4) is 0 Å². The van der Waals surface area contributed by atoms with Gasteiger partial charge in [-0.15, -0.1) is 0 Å². The minimum absolute atomic E-state index is 0.0607. The molecule has 0 aliphatic carbocycles. The first-order valence-electron chi connectivity index (χ1n) is 5.31. The summed E-state index contributed by atoms with van der Waals surface area (Å²) < 4.78 is 5.19. The zero-order chi connectivity index (χ0) is 13.1. The molecule has 94 valence electrons. The van der Waals surface area contributed by atoms with Gasteiger partial charge in [0.15, 0.2) is 5.22 Å². The molecule has 0 aliphatic heterocycles. The summed E-state index contributed by atoms with van der Waals surface area (Å²) in [5, 5.41) is 11.1. The van der Waals surface area contributed by atoms with E-state index in [1.165, 1.54) is 6.07 Å². The number of benzene rings is 1. The number of nitrogens with two attached hydrogens (primary N) is 1. The molecule has 0 radical (unpaired) electrons. The lowest BCUT2D eigenvalue weighted by molar-refractivity contribution is -0.385. The van der Waals surface area contributed by atoms with E-state index < -0.39 is 11.0 Å². The average molecular weight is 267 g/mol. The van der Waals surface area contributed by atoms with Gasteiger partial charge >= 0.3 is 0 Å². The molecule has 6 heteroatoms. The lowest BCUT2D eigenvalue weighted by atomic mass is 10.0. The van der Waals surface area contributed by atoms with Crippen molar-refractivity contribution < 1.29 is 9.34 Å². The van der Waals surface area contributed by atoms with Gasteiger partial charge in [-0.3, -0.25) is 10.1 Å². The molecule has 0 aliphatic rings. The van der Waals surface area contributed by atoms with E-state index >= 15 is 0 Å². The number of hydrogen-bond acceptors (Lipinski definition) is 4. The number of nitro groups is 1. The van der Waals surface area contributed by atoms with Crippen molar-refractivity contribution in [1.82, 2.24) is 0 Å². The third kappa shape index (κ3) is 2.69. The molecule has 2 aromatic rings. The maximum Gasteiger partial charge on any atom is 0.272 e. The Labute approximate surface area is 108 Å². The number of nitro benzene ring substituents is 1. The maximum atomic E-state index is 10.9. The minimum atomic E-state index is -0.460. The van der Waals surface area contributed by atoms with E-state index in [1.807, 2.05) is 0 Å². The highest BCUT2D eigenvalue weighted by molar-refractivity contribution is 6.28. The molecule has 0 fully saturated rings. The Morgan fingerprint density at radius 2 is 2.06 bits per heavy atom. The summed E-state index contributed by atoms with van der Waals surface area (Å²) in [6.45, 7) is 0. The molecule has 1 aromatic carbocycles. The number of para-hydroxylation sites is 1. The fourth-order valence-electron chi connectivity index (χ4n) is 1.73. The molecule has 0 saturated carbocycles. The van der Waals surface area contributed by atoms with E-state index in [2.05, 4.69) is 0 Å². The van der Waals surface area contributed by atoms with Crippen molar-refractivity contribution >= 4 is 17.3 Å². The van der Waals surface area contributed by atoms with Gasteiger partial charge in [0.25, 0.3) is 5.69 Å². The highest BCUT2D eigenvalue weighted by Crippen LogP contribution is 2.25. The van der Waals surface area contributed by atoms with Gasteiger partial charge in [-0.1, -0.05) is 18.2 Å². The zero-order valence-corrected chi connectivity index (χ0v) is 10.1. The van der Waals surface area contributed by atoms with Gasteiger partial charge in [0.1, 0.15) is 5.76 Å². The van der Waals surface area contributed by atoms with Gasteiger partial charge in [-0.25, -0.2) is 0 Å². The first kappa shape index (κ1) is 12.6. The van der Waals surface area contributed by atoms with E-state index in [-0.39, 0.29) is 10.9 Å². The number of furan rings is 1. The molecule has 1 heterocycles. The summed E-state index contributed by atoms with van der Waals surface area (Å²) in [5.41, 5.74) is 6.57. The van der Waals surface area contributed by atoms with Crippen LogP contribution in [0.15, 0.2) is 40.8 Å². The Morgan fingerprint density at radius 3 is 2.67 bits per heavy atom. The molecule has 0 bridgehead atoms. The van der Waals surface area contributed by atoms with Gasteiger partial charge in [0.2, 0.25) is 0 Å². The SMILES string of the molecule is NC(Cc1ccccc1[N+](=O)[O-])c1ccc(Cl)o1. The van der Waals surface area contributed by atoms with E-state index in [0.717, 1.165) is 0 Å². The average Bonchev–Trinajstić information content (AvgIpc) is 2.76. The maximum absolute atomic E-state index is 10.9. The normalized spacial score (nSPS) is 12.3. The quantitative estimate of drug-likeness (QED) is 0.681. The molecule has 1 aromatic heterocycles. The van der Waals surface area contributed by atoms with Crippen LogP contribution in [-0.2, 0) is 6.42 Å². The van der Waals surface area contributed by atoms with Gasteiger partial charge in [0, 0.05) is 18.1 Å². The van der Waals surface area contributed by atoms with Crippen LogP contribution >= 0.6 is 11.6 Å². The van der Waals surface area contributed by atoms with E-state index in [1.54, 1.807) is 30.3 Å². The molecule has 18 heavy (non-hydrogen) atoms. The van der Waals surface area contributed by atoms with Crippen LogP contribution in [0.1, 0.15) is 17.4 Å². The Hall–Kier alpha value is -1.85. The second-order valence-corrected chi connectivity index (χ2v) is 4.21. The second-order valence-electron chi connectivity index (χ2n) is 3.84. The first-order valence-corrected chi connectivity index (χ1v) is 5.69. The van der Waals surface area contributed by atoms with Gasteiger partial charge in [-0.2, -0.15) is 0 Å². The van der Waals surface area contributed by atoms with Crippen LogP contribution in [0.2, 0.25) is 5.22 Å². The van der Waals surface area contributed by atoms with Crippen molar-refractivity contribution in [2.45, 2.75) is 12.5 Å². The van der Waals surface area contributed by atoms with Crippen molar-refractivity contribution in [3.63, 3.8) is 0 Å². The molecular weight excluding hydrogens is 256 g/mol. The molecule has 2 rings (SSSR count). The van der Waals surface area contributed by atoms with Crippen LogP contribution < -0.4 is 5.73 Å². The Bertz CT molecular complexity index is 568. The van der Waals surface area contributed by atoms with Crippen molar-refractivity contribution in [2.75, 3.05) is 0 Å². The van der Waals surface area contributed by atoms with E-state index in [9.17, 15) is 10.1 Å². The fourth-order valence-corrected chi connectivity index (χ4v) is 1.88. The Balaban J connectivity index is 2.21. The topological polar surface area (TPSA) is 82.3 Å². The Kier molecular flexibility index (Phi) is 3.64.